The molecule has 4 heteroatoms. The molecule has 1 heterocycles. The molecule has 0 spiro atoms. The van der Waals surface area contributed by atoms with E-state index < -0.39 is 5.97 Å². The lowest BCUT2D eigenvalue weighted by Crippen LogP contribution is -2.21. The summed E-state index contributed by atoms with van der Waals surface area (Å²) >= 11 is 0. The fourth-order valence-electron chi connectivity index (χ4n) is 1.97. The maximum Gasteiger partial charge on any atom is 0.373 e. The van der Waals surface area contributed by atoms with E-state index in [1.807, 2.05) is 25.1 Å². The number of benzene rings is 1. The summed E-state index contributed by atoms with van der Waals surface area (Å²) in [6.07, 6.45) is 0.954. The summed E-state index contributed by atoms with van der Waals surface area (Å²) in [5.41, 5.74) is 1.29. The van der Waals surface area contributed by atoms with Gasteiger partial charge in [-0.25, -0.2) is 4.79 Å². The Morgan fingerprint density at radius 1 is 1.25 bits per heavy atom. The van der Waals surface area contributed by atoms with Crippen LogP contribution in [0.25, 0.3) is 0 Å². The minimum Gasteiger partial charge on any atom is -0.463 e. The molecule has 1 aromatic carbocycles. The van der Waals surface area contributed by atoms with Crippen molar-refractivity contribution < 1.29 is 13.9 Å². The zero-order chi connectivity index (χ0) is 14.4. The molecule has 0 bridgehead atoms. The molecule has 2 rings (SSSR count). The standard InChI is InChI=1S/C16H19NO3/c1-12(14-8-9-15(20-14)16(18)19-2)17-11-10-13-6-4-3-5-7-13/h3-9,12,17H,10-11H2,1-2H3. The molecule has 1 aromatic heterocycles. The van der Waals surface area contributed by atoms with Gasteiger partial charge in [0.05, 0.1) is 13.2 Å². The van der Waals surface area contributed by atoms with Gasteiger partial charge < -0.3 is 14.5 Å². The SMILES string of the molecule is COC(=O)c1ccc(C(C)NCCc2ccccc2)o1. The van der Waals surface area contributed by atoms with Crippen LogP contribution < -0.4 is 5.32 Å². The summed E-state index contributed by atoms with van der Waals surface area (Å²) < 4.78 is 10.1. The normalized spacial score (nSPS) is 12.1. The highest BCUT2D eigenvalue weighted by molar-refractivity contribution is 5.86. The molecule has 0 aliphatic carbocycles. The van der Waals surface area contributed by atoms with Gasteiger partial charge in [-0.05, 0) is 37.6 Å². The Labute approximate surface area is 118 Å². The van der Waals surface area contributed by atoms with Crippen LogP contribution in [0, 0.1) is 0 Å². The van der Waals surface area contributed by atoms with Gasteiger partial charge in [0.25, 0.3) is 0 Å². The van der Waals surface area contributed by atoms with Crippen molar-refractivity contribution in [2.24, 2.45) is 0 Å². The highest BCUT2D eigenvalue weighted by atomic mass is 16.5. The zero-order valence-corrected chi connectivity index (χ0v) is 11.8. The van der Waals surface area contributed by atoms with Crippen LogP contribution in [-0.2, 0) is 11.2 Å². The van der Waals surface area contributed by atoms with Crippen molar-refractivity contribution in [1.82, 2.24) is 5.32 Å². The van der Waals surface area contributed by atoms with Gasteiger partial charge in [0, 0.05) is 0 Å². The lowest BCUT2D eigenvalue weighted by atomic mass is 10.1. The van der Waals surface area contributed by atoms with Gasteiger partial charge in [-0.15, -0.1) is 0 Å². The van der Waals surface area contributed by atoms with E-state index >= 15 is 0 Å². The molecule has 106 valence electrons. The monoisotopic (exact) mass is 273 g/mol. The zero-order valence-electron chi connectivity index (χ0n) is 11.8. The quantitative estimate of drug-likeness (QED) is 0.822. The summed E-state index contributed by atoms with van der Waals surface area (Å²) in [4.78, 5) is 11.3. The number of hydrogen-bond acceptors (Lipinski definition) is 4. The third-order valence-corrected chi connectivity index (χ3v) is 3.15. The second-order valence-corrected chi connectivity index (χ2v) is 4.61. The predicted molar refractivity (Wildman–Crippen MR) is 76.6 cm³/mol. The summed E-state index contributed by atoms with van der Waals surface area (Å²) in [7, 11) is 1.34. The topological polar surface area (TPSA) is 51.5 Å². The van der Waals surface area contributed by atoms with Crippen LogP contribution in [0.5, 0.6) is 0 Å². The molecule has 0 amide bonds. The molecular weight excluding hydrogens is 254 g/mol. The van der Waals surface area contributed by atoms with Crippen molar-refractivity contribution in [3.05, 3.63) is 59.5 Å². The lowest BCUT2D eigenvalue weighted by Gasteiger charge is -2.11. The van der Waals surface area contributed by atoms with E-state index in [1.165, 1.54) is 12.7 Å². The van der Waals surface area contributed by atoms with Gasteiger partial charge in [0.2, 0.25) is 5.76 Å². The summed E-state index contributed by atoms with van der Waals surface area (Å²) in [5, 5.41) is 3.37. The van der Waals surface area contributed by atoms with Crippen LogP contribution in [0.15, 0.2) is 46.9 Å². The van der Waals surface area contributed by atoms with E-state index in [4.69, 9.17) is 4.42 Å². The van der Waals surface area contributed by atoms with Crippen molar-refractivity contribution >= 4 is 5.97 Å². The molecule has 20 heavy (non-hydrogen) atoms. The second-order valence-electron chi connectivity index (χ2n) is 4.61. The van der Waals surface area contributed by atoms with Crippen molar-refractivity contribution in [1.29, 1.82) is 0 Å². The van der Waals surface area contributed by atoms with Crippen LogP contribution in [0.2, 0.25) is 0 Å². The molecular formula is C16H19NO3. The summed E-state index contributed by atoms with van der Waals surface area (Å²) in [6, 6.07) is 13.8. The molecule has 2 aromatic rings. The third-order valence-electron chi connectivity index (χ3n) is 3.15. The minimum absolute atomic E-state index is 0.0529. The summed E-state index contributed by atoms with van der Waals surface area (Å²) in [5.74, 6) is 0.519. The number of hydrogen-bond donors (Lipinski definition) is 1. The maximum absolute atomic E-state index is 11.3. The molecule has 0 fully saturated rings. The lowest BCUT2D eigenvalue weighted by molar-refractivity contribution is 0.0562. The van der Waals surface area contributed by atoms with Crippen molar-refractivity contribution in [3.63, 3.8) is 0 Å². The van der Waals surface area contributed by atoms with E-state index in [0.29, 0.717) is 0 Å². The number of carbonyl (C=O) groups excluding carboxylic acids is 1. The van der Waals surface area contributed by atoms with E-state index in [-0.39, 0.29) is 11.8 Å². The largest absolute Gasteiger partial charge is 0.463 e. The molecule has 0 aliphatic heterocycles. The van der Waals surface area contributed by atoms with E-state index in [0.717, 1.165) is 18.7 Å². The van der Waals surface area contributed by atoms with Gasteiger partial charge in [-0.2, -0.15) is 0 Å². The number of carbonyl (C=O) groups is 1. The van der Waals surface area contributed by atoms with E-state index in [9.17, 15) is 4.79 Å². The molecule has 0 saturated carbocycles. The van der Waals surface area contributed by atoms with E-state index in [2.05, 4.69) is 22.2 Å². The minimum atomic E-state index is -0.451. The number of rotatable bonds is 6. The molecule has 1 N–H and O–H groups in total. The highest BCUT2D eigenvalue weighted by Crippen LogP contribution is 2.16. The van der Waals surface area contributed by atoms with Crippen LogP contribution in [0.3, 0.4) is 0 Å². The Bertz CT molecular complexity index is 548. The average Bonchev–Trinajstić information content (AvgIpc) is 2.97. The van der Waals surface area contributed by atoms with Gasteiger partial charge >= 0.3 is 5.97 Å². The third kappa shape index (κ3) is 3.71. The van der Waals surface area contributed by atoms with E-state index in [1.54, 1.807) is 12.1 Å². The first-order valence-corrected chi connectivity index (χ1v) is 6.66. The Kier molecular flexibility index (Phi) is 4.96. The average molecular weight is 273 g/mol. The van der Waals surface area contributed by atoms with Crippen LogP contribution >= 0.6 is 0 Å². The second kappa shape index (κ2) is 6.91. The summed E-state index contributed by atoms with van der Waals surface area (Å²) in [6.45, 7) is 2.85. The first kappa shape index (κ1) is 14.3. The van der Waals surface area contributed by atoms with Crippen LogP contribution in [0.1, 0.15) is 34.8 Å². The Morgan fingerprint density at radius 2 is 2.00 bits per heavy atom. The first-order chi connectivity index (χ1) is 9.70. The number of esters is 1. The molecule has 1 unspecified atom stereocenters. The predicted octanol–water partition coefficient (Wildman–Crippen LogP) is 2.96. The van der Waals surface area contributed by atoms with Crippen LogP contribution in [-0.4, -0.2) is 19.6 Å². The van der Waals surface area contributed by atoms with Crippen molar-refractivity contribution in [2.75, 3.05) is 13.7 Å². The molecule has 1 atom stereocenters. The van der Waals surface area contributed by atoms with Gasteiger partial charge in [0.15, 0.2) is 0 Å². The van der Waals surface area contributed by atoms with Crippen molar-refractivity contribution in [2.45, 2.75) is 19.4 Å². The molecule has 0 saturated heterocycles. The fraction of sp³-hybridized carbons (Fsp3) is 0.312. The molecule has 4 nitrogen and oxygen atoms in total. The molecule has 0 radical (unpaired) electrons. The Morgan fingerprint density at radius 3 is 2.70 bits per heavy atom. The van der Waals surface area contributed by atoms with Crippen LogP contribution in [0.4, 0.5) is 0 Å². The number of ether oxygens (including phenoxy) is 1. The maximum atomic E-state index is 11.3. The number of nitrogens with one attached hydrogen (secondary N) is 1. The fourth-order valence-corrected chi connectivity index (χ4v) is 1.97. The van der Waals surface area contributed by atoms with Gasteiger partial charge in [-0.1, -0.05) is 30.3 Å². The number of furan rings is 1. The first-order valence-electron chi connectivity index (χ1n) is 6.66. The Hall–Kier alpha value is -2.07. The Balaban J connectivity index is 1.84. The van der Waals surface area contributed by atoms with Gasteiger partial charge in [-0.3, -0.25) is 0 Å². The van der Waals surface area contributed by atoms with Gasteiger partial charge in [0.1, 0.15) is 5.76 Å². The molecule has 0 aliphatic rings. The smallest absolute Gasteiger partial charge is 0.373 e. The van der Waals surface area contributed by atoms with Crippen molar-refractivity contribution in [3.8, 4) is 0 Å². The highest BCUT2D eigenvalue weighted by Gasteiger charge is 2.14. The number of methoxy groups -OCH3 is 1.